The molecule has 2 aromatic rings. The maximum absolute atomic E-state index is 5.37. The van der Waals surface area contributed by atoms with Gasteiger partial charge < -0.3 is 9.15 Å². The first-order valence-electron chi connectivity index (χ1n) is 4.03. The lowest BCUT2D eigenvalue weighted by Crippen LogP contribution is -1.79. The fraction of sp³-hybridized carbons (Fsp3) is 0.200. The van der Waals surface area contributed by atoms with Crippen molar-refractivity contribution in [3.63, 3.8) is 0 Å². The Morgan fingerprint density at radius 3 is 3.00 bits per heavy atom. The maximum Gasteiger partial charge on any atom is 0.139 e. The van der Waals surface area contributed by atoms with Gasteiger partial charge in [-0.1, -0.05) is 18.2 Å². The van der Waals surface area contributed by atoms with Crippen LogP contribution in [0.5, 0.6) is 0 Å². The standard InChI is InChI=1S/C10H8O2/c1-2-7-4-5-11-10(7)8(3-1)9-6-12-9/h1-5,9H,6H2/t9-/m1/s1. The highest BCUT2D eigenvalue weighted by Gasteiger charge is 2.27. The van der Waals surface area contributed by atoms with Crippen LogP contribution in [0.25, 0.3) is 11.0 Å². The van der Waals surface area contributed by atoms with Gasteiger partial charge in [0, 0.05) is 10.9 Å². The molecular weight excluding hydrogens is 152 g/mol. The SMILES string of the molecule is c1cc([C@H]2CO2)c2occc2c1. The Morgan fingerprint density at radius 1 is 1.25 bits per heavy atom. The van der Waals surface area contributed by atoms with Gasteiger partial charge >= 0.3 is 0 Å². The Morgan fingerprint density at radius 2 is 2.17 bits per heavy atom. The zero-order valence-electron chi connectivity index (χ0n) is 6.49. The van der Waals surface area contributed by atoms with Gasteiger partial charge in [0.1, 0.15) is 11.7 Å². The lowest BCUT2D eigenvalue weighted by Gasteiger charge is -1.95. The minimum atomic E-state index is 0.278. The summed E-state index contributed by atoms with van der Waals surface area (Å²) >= 11 is 0. The van der Waals surface area contributed by atoms with Crippen molar-refractivity contribution in [3.8, 4) is 0 Å². The molecule has 1 aromatic heterocycles. The van der Waals surface area contributed by atoms with Crippen molar-refractivity contribution in [1.29, 1.82) is 0 Å². The Hall–Kier alpha value is -1.28. The molecule has 1 saturated heterocycles. The molecular formula is C10H8O2. The minimum absolute atomic E-state index is 0.278. The number of fused-ring (bicyclic) bond motifs is 1. The molecule has 60 valence electrons. The van der Waals surface area contributed by atoms with Crippen LogP contribution in [0.15, 0.2) is 34.9 Å². The molecule has 3 rings (SSSR count). The highest BCUT2D eigenvalue weighted by molar-refractivity contribution is 5.80. The molecule has 0 N–H and O–H groups in total. The van der Waals surface area contributed by atoms with Gasteiger partial charge in [-0.15, -0.1) is 0 Å². The topological polar surface area (TPSA) is 25.7 Å². The lowest BCUT2D eigenvalue weighted by molar-refractivity contribution is 0.414. The summed E-state index contributed by atoms with van der Waals surface area (Å²) in [4.78, 5) is 0. The van der Waals surface area contributed by atoms with Crippen molar-refractivity contribution in [1.82, 2.24) is 0 Å². The van der Waals surface area contributed by atoms with Gasteiger partial charge in [0.15, 0.2) is 0 Å². The lowest BCUT2D eigenvalue weighted by atomic mass is 10.1. The molecule has 2 heteroatoms. The van der Waals surface area contributed by atoms with Gasteiger partial charge in [0.2, 0.25) is 0 Å². The summed E-state index contributed by atoms with van der Waals surface area (Å²) in [6.07, 6.45) is 2.00. The molecule has 0 bridgehead atoms. The van der Waals surface area contributed by atoms with Crippen LogP contribution >= 0.6 is 0 Å². The number of furan rings is 1. The number of benzene rings is 1. The first kappa shape index (κ1) is 6.26. The van der Waals surface area contributed by atoms with Crippen LogP contribution < -0.4 is 0 Å². The van der Waals surface area contributed by atoms with Crippen molar-refractivity contribution in [2.24, 2.45) is 0 Å². The summed E-state index contributed by atoms with van der Waals surface area (Å²) in [6.45, 7) is 0.833. The molecule has 0 aliphatic carbocycles. The van der Waals surface area contributed by atoms with E-state index in [1.54, 1.807) is 6.26 Å². The molecule has 1 aromatic carbocycles. The predicted octanol–water partition coefficient (Wildman–Crippen LogP) is 2.50. The number of hydrogen-bond donors (Lipinski definition) is 0. The summed E-state index contributed by atoms with van der Waals surface area (Å²) in [5.41, 5.74) is 2.15. The highest BCUT2D eigenvalue weighted by Crippen LogP contribution is 2.34. The first-order chi connectivity index (χ1) is 5.95. The van der Waals surface area contributed by atoms with Crippen molar-refractivity contribution in [2.45, 2.75) is 6.10 Å². The van der Waals surface area contributed by atoms with E-state index in [4.69, 9.17) is 9.15 Å². The molecule has 1 aliphatic rings. The highest BCUT2D eigenvalue weighted by atomic mass is 16.6. The fourth-order valence-corrected chi connectivity index (χ4v) is 1.50. The van der Waals surface area contributed by atoms with E-state index in [0.29, 0.717) is 0 Å². The van der Waals surface area contributed by atoms with Crippen molar-refractivity contribution in [3.05, 3.63) is 36.1 Å². The number of para-hydroxylation sites is 1. The van der Waals surface area contributed by atoms with Crippen LogP contribution in [0, 0.1) is 0 Å². The minimum Gasteiger partial charge on any atom is -0.464 e. The van der Waals surface area contributed by atoms with Crippen LogP contribution in [0.3, 0.4) is 0 Å². The smallest absolute Gasteiger partial charge is 0.139 e. The second kappa shape index (κ2) is 2.11. The number of epoxide rings is 1. The van der Waals surface area contributed by atoms with E-state index < -0.39 is 0 Å². The third-order valence-corrected chi connectivity index (χ3v) is 2.19. The van der Waals surface area contributed by atoms with Gasteiger partial charge in [-0.3, -0.25) is 0 Å². The van der Waals surface area contributed by atoms with Gasteiger partial charge in [-0.25, -0.2) is 0 Å². The summed E-state index contributed by atoms with van der Waals surface area (Å²) in [7, 11) is 0. The van der Waals surface area contributed by atoms with E-state index in [-0.39, 0.29) is 6.10 Å². The maximum atomic E-state index is 5.37. The quantitative estimate of drug-likeness (QED) is 0.599. The molecule has 1 atom stereocenters. The summed E-state index contributed by atoms with van der Waals surface area (Å²) in [5.74, 6) is 0. The number of rotatable bonds is 1. The Bertz CT molecular complexity index is 412. The Kier molecular flexibility index (Phi) is 1.10. The Labute approximate surface area is 69.7 Å². The third-order valence-electron chi connectivity index (χ3n) is 2.19. The number of ether oxygens (including phenoxy) is 1. The van der Waals surface area contributed by atoms with Gasteiger partial charge in [0.25, 0.3) is 0 Å². The monoisotopic (exact) mass is 160 g/mol. The second-order valence-corrected chi connectivity index (χ2v) is 3.01. The van der Waals surface area contributed by atoms with E-state index in [1.807, 2.05) is 18.2 Å². The molecule has 0 unspecified atom stereocenters. The van der Waals surface area contributed by atoms with Crippen LogP contribution in [0.1, 0.15) is 11.7 Å². The molecule has 0 spiro atoms. The molecule has 0 amide bonds. The first-order valence-corrected chi connectivity index (χ1v) is 4.03. The van der Waals surface area contributed by atoms with Gasteiger partial charge in [-0.2, -0.15) is 0 Å². The number of hydrogen-bond acceptors (Lipinski definition) is 2. The van der Waals surface area contributed by atoms with Crippen LogP contribution in [-0.2, 0) is 4.74 Å². The van der Waals surface area contributed by atoms with Gasteiger partial charge in [0.05, 0.1) is 12.9 Å². The summed E-state index contributed by atoms with van der Waals surface area (Å²) in [6, 6.07) is 8.12. The molecule has 1 fully saturated rings. The normalized spacial score (nSPS) is 21.5. The van der Waals surface area contributed by atoms with Gasteiger partial charge in [-0.05, 0) is 6.07 Å². The van der Waals surface area contributed by atoms with Crippen molar-refractivity contribution >= 4 is 11.0 Å². The molecule has 12 heavy (non-hydrogen) atoms. The average molecular weight is 160 g/mol. The van der Waals surface area contributed by atoms with E-state index in [2.05, 4.69) is 6.07 Å². The summed E-state index contributed by atoms with van der Waals surface area (Å²) in [5, 5.41) is 1.16. The predicted molar refractivity (Wildman–Crippen MR) is 44.9 cm³/mol. The molecule has 2 heterocycles. The van der Waals surface area contributed by atoms with Crippen molar-refractivity contribution in [2.75, 3.05) is 6.61 Å². The largest absolute Gasteiger partial charge is 0.464 e. The molecule has 0 saturated carbocycles. The molecule has 2 nitrogen and oxygen atoms in total. The zero-order chi connectivity index (χ0) is 7.97. The van der Waals surface area contributed by atoms with Crippen LogP contribution in [0.4, 0.5) is 0 Å². The van der Waals surface area contributed by atoms with E-state index in [9.17, 15) is 0 Å². The zero-order valence-corrected chi connectivity index (χ0v) is 6.49. The third kappa shape index (κ3) is 0.786. The fourth-order valence-electron chi connectivity index (χ4n) is 1.50. The van der Waals surface area contributed by atoms with E-state index in [1.165, 1.54) is 5.56 Å². The van der Waals surface area contributed by atoms with Crippen LogP contribution in [-0.4, -0.2) is 6.61 Å². The molecule has 0 radical (unpaired) electrons. The molecule has 1 aliphatic heterocycles. The average Bonchev–Trinajstić information content (AvgIpc) is 2.82. The van der Waals surface area contributed by atoms with Crippen molar-refractivity contribution < 1.29 is 9.15 Å². The Balaban J connectivity index is 2.32. The summed E-state index contributed by atoms with van der Waals surface area (Å²) < 4.78 is 10.6. The van der Waals surface area contributed by atoms with E-state index in [0.717, 1.165) is 17.6 Å². The van der Waals surface area contributed by atoms with Crippen LogP contribution in [0.2, 0.25) is 0 Å². The second-order valence-electron chi connectivity index (χ2n) is 3.01. The van der Waals surface area contributed by atoms with E-state index >= 15 is 0 Å².